The average molecular weight is 367 g/mol. The Hall–Kier alpha value is -2.22. The number of rotatable bonds is 3. The van der Waals surface area contributed by atoms with Gasteiger partial charge in [-0.1, -0.05) is 6.07 Å². The van der Waals surface area contributed by atoms with E-state index in [0.717, 1.165) is 30.4 Å². The van der Waals surface area contributed by atoms with Crippen molar-refractivity contribution in [1.29, 1.82) is 0 Å². The summed E-state index contributed by atoms with van der Waals surface area (Å²) in [6, 6.07) is 8.05. The molecule has 3 N–H and O–H groups in total. The molecule has 25 heavy (non-hydrogen) atoms. The van der Waals surface area contributed by atoms with Crippen LogP contribution in [0.25, 0.3) is 0 Å². The number of pyridine rings is 1. The summed E-state index contributed by atoms with van der Waals surface area (Å²) in [5, 5.41) is 2.49. The summed E-state index contributed by atoms with van der Waals surface area (Å²) in [5.41, 5.74) is 3.89. The van der Waals surface area contributed by atoms with E-state index in [0.29, 0.717) is 5.69 Å². The zero-order valence-corrected chi connectivity index (χ0v) is 14.0. The van der Waals surface area contributed by atoms with Crippen LogP contribution >= 0.6 is 11.8 Å². The van der Waals surface area contributed by atoms with Crippen molar-refractivity contribution in [2.45, 2.75) is 35.8 Å². The van der Waals surface area contributed by atoms with Crippen molar-refractivity contribution in [3.05, 3.63) is 53.2 Å². The van der Waals surface area contributed by atoms with Gasteiger partial charge in [0.15, 0.2) is 0 Å². The molecule has 0 spiro atoms. The number of thioether (sulfide) groups is 1. The number of carbonyl (C=O) groups excluding carboxylic acids is 1. The van der Waals surface area contributed by atoms with Crippen LogP contribution in [0.4, 0.5) is 18.9 Å². The second-order valence-electron chi connectivity index (χ2n) is 5.78. The topological polar surface area (TPSA) is 68.0 Å². The summed E-state index contributed by atoms with van der Waals surface area (Å²) in [4.78, 5) is 16.2. The lowest BCUT2D eigenvalue weighted by Gasteiger charge is -2.27. The van der Waals surface area contributed by atoms with Gasteiger partial charge in [-0.05, 0) is 54.7 Å². The number of alkyl halides is 3. The third kappa shape index (κ3) is 4.25. The number of aromatic nitrogens is 1. The first-order valence-electron chi connectivity index (χ1n) is 7.73. The van der Waals surface area contributed by atoms with Gasteiger partial charge in [-0.2, -0.15) is 13.2 Å². The van der Waals surface area contributed by atoms with Gasteiger partial charge in [0.1, 0.15) is 5.03 Å². The molecule has 1 aromatic carbocycles. The summed E-state index contributed by atoms with van der Waals surface area (Å²) < 4.78 is 38.0. The molecule has 8 heteroatoms. The lowest BCUT2D eigenvalue weighted by atomic mass is 9.87. The van der Waals surface area contributed by atoms with Gasteiger partial charge in [0.2, 0.25) is 0 Å². The molecule has 0 saturated heterocycles. The highest BCUT2D eigenvalue weighted by molar-refractivity contribution is 8.00. The van der Waals surface area contributed by atoms with Crippen LogP contribution in [-0.2, 0) is 6.42 Å². The Labute approximate surface area is 147 Å². The zero-order chi connectivity index (χ0) is 18.0. The lowest BCUT2D eigenvalue weighted by Crippen LogP contribution is -2.31. The Morgan fingerprint density at radius 2 is 2.12 bits per heavy atom. The number of nitrogens with one attached hydrogen (secondary N) is 1. The second kappa shape index (κ2) is 6.95. The van der Waals surface area contributed by atoms with Gasteiger partial charge in [-0.25, -0.2) is 4.98 Å². The van der Waals surface area contributed by atoms with Crippen LogP contribution in [0.2, 0.25) is 0 Å². The summed E-state index contributed by atoms with van der Waals surface area (Å²) in [6.45, 7) is 0. The van der Waals surface area contributed by atoms with E-state index in [2.05, 4.69) is 10.3 Å². The summed E-state index contributed by atoms with van der Waals surface area (Å²) in [7, 11) is 0. The van der Waals surface area contributed by atoms with Gasteiger partial charge in [-0.3, -0.25) is 4.79 Å². The predicted octanol–water partition coefficient (Wildman–Crippen LogP) is 4.08. The minimum atomic E-state index is -4.50. The first-order chi connectivity index (χ1) is 11.8. The number of aryl methyl sites for hydroxylation is 1. The first-order valence-corrected chi connectivity index (χ1v) is 8.55. The Kier molecular flexibility index (Phi) is 4.89. The monoisotopic (exact) mass is 367 g/mol. The Morgan fingerprint density at radius 1 is 1.32 bits per heavy atom. The number of hydrogen-bond donors (Lipinski definition) is 2. The van der Waals surface area contributed by atoms with Crippen molar-refractivity contribution in [2.24, 2.45) is 0 Å². The van der Waals surface area contributed by atoms with Crippen LogP contribution in [0.5, 0.6) is 0 Å². The number of halogens is 3. The van der Waals surface area contributed by atoms with Gasteiger partial charge in [0.25, 0.3) is 5.91 Å². The molecule has 3 rings (SSSR count). The first kappa shape index (κ1) is 17.6. The molecule has 1 aliphatic rings. The van der Waals surface area contributed by atoms with E-state index in [9.17, 15) is 18.0 Å². The maximum Gasteiger partial charge on any atom is 0.447 e. The largest absolute Gasteiger partial charge is 0.447 e. The predicted molar refractivity (Wildman–Crippen MR) is 90.1 cm³/mol. The summed E-state index contributed by atoms with van der Waals surface area (Å²) >= 11 is -0.383. The van der Waals surface area contributed by atoms with E-state index >= 15 is 0 Å². The Bertz CT molecular complexity index is 795. The minimum Gasteiger partial charge on any atom is -0.399 e. The molecule has 0 radical (unpaired) electrons. The van der Waals surface area contributed by atoms with Crippen LogP contribution in [0.3, 0.4) is 0 Å². The van der Waals surface area contributed by atoms with E-state index in [1.54, 1.807) is 6.07 Å². The van der Waals surface area contributed by atoms with Crippen LogP contribution in [0.1, 0.15) is 40.4 Å². The fraction of sp³-hybridized carbons (Fsp3) is 0.294. The molecule has 1 aromatic heterocycles. The molecule has 132 valence electrons. The molecular formula is C17H16F3N3OS. The highest BCUT2D eigenvalue weighted by Crippen LogP contribution is 2.37. The van der Waals surface area contributed by atoms with Crippen molar-refractivity contribution in [3.8, 4) is 0 Å². The number of nitrogens with two attached hydrogens (primary N) is 1. The van der Waals surface area contributed by atoms with Crippen molar-refractivity contribution >= 4 is 23.4 Å². The molecule has 0 saturated carbocycles. The maximum absolute atomic E-state index is 12.7. The van der Waals surface area contributed by atoms with Crippen molar-refractivity contribution in [2.75, 3.05) is 5.73 Å². The molecule has 0 aliphatic heterocycles. The number of nitrogens with zero attached hydrogens (tertiary/aromatic N) is 1. The Balaban J connectivity index is 1.83. The van der Waals surface area contributed by atoms with Crippen LogP contribution < -0.4 is 11.1 Å². The number of fused-ring (bicyclic) bond motifs is 1. The van der Waals surface area contributed by atoms with Gasteiger partial charge in [-0.15, -0.1) is 0 Å². The van der Waals surface area contributed by atoms with Gasteiger partial charge in [0, 0.05) is 23.6 Å². The van der Waals surface area contributed by atoms with Gasteiger partial charge >= 0.3 is 5.51 Å². The molecule has 1 aliphatic carbocycles. The number of nitrogen functional groups attached to an aromatic ring is 1. The Morgan fingerprint density at radius 3 is 2.88 bits per heavy atom. The second-order valence-corrected chi connectivity index (χ2v) is 6.83. The van der Waals surface area contributed by atoms with E-state index in [1.807, 2.05) is 12.1 Å². The molecule has 2 aromatic rings. The molecular weight excluding hydrogens is 351 g/mol. The van der Waals surface area contributed by atoms with E-state index in [4.69, 9.17) is 5.73 Å². The van der Waals surface area contributed by atoms with Crippen molar-refractivity contribution < 1.29 is 18.0 Å². The van der Waals surface area contributed by atoms with E-state index in [1.165, 1.54) is 18.3 Å². The fourth-order valence-corrected chi connectivity index (χ4v) is 3.58. The summed E-state index contributed by atoms with van der Waals surface area (Å²) in [6.07, 6.45) is 3.71. The number of carbonyl (C=O) groups is 1. The highest BCUT2D eigenvalue weighted by Gasteiger charge is 2.33. The SMILES string of the molecule is Nc1ccc2c(c1)CCCC2NC(=O)c1cccnc1SC(F)(F)F. The summed E-state index contributed by atoms with van der Waals surface area (Å²) in [5.74, 6) is -0.561. The fourth-order valence-electron chi connectivity index (χ4n) is 2.97. The molecule has 1 atom stereocenters. The number of anilines is 1. The van der Waals surface area contributed by atoms with E-state index in [-0.39, 0.29) is 28.4 Å². The normalized spacial score (nSPS) is 17.0. The maximum atomic E-state index is 12.7. The molecule has 1 unspecified atom stereocenters. The van der Waals surface area contributed by atoms with Crippen molar-refractivity contribution in [3.63, 3.8) is 0 Å². The molecule has 1 heterocycles. The molecule has 1 amide bonds. The standard InChI is InChI=1S/C17H16F3N3OS/c18-17(19,20)25-16-13(4-2-8-22-16)15(24)23-14-5-1-3-10-9-11(21)6-7-12(10)14/h2,4,6-9,14H,1,3,5,21H2,(H,23,24). The third-order valence-corrected chi connectivity index (χ3v) is 4.76. The van der Waals surface area contributed by atoms with Crippen LogP contribution in [0, 0.1) is 0 Å². The van der Waals surface area contributed by atoms with Crippen molar-refractivity contribution in [1.82, 2.24) is 10.3 Å². The highest BCUT2D eigenvalue weighted by atomic mass is 32.2. The number of hydrogen-bond acceptors (Lipinski definition) is 4. The minimum absolute atomic E-state index is 0.0765. The average Bonchev–Trinajstić information content (AvgIpc) is 2.53. The smallest absolute Gasteiger partial charge is 0.399 e. The molecule has 0 bridgehead atoms. The number of amides is 1. The van der Waals surface area contributed by atoms with Crippen LogP contribution in [-0.4, -0.2) is 16.4 Å². The quantitative estimate of drug-likeness (QED) is 0.634. The van der Waals surface area contributed by atoms with Gasteiger partial charge < -0.3 is 11.1 Å². The van der Waals surface area contributed by atoms with Gasteiger partial charge in [0.05, 0.1) is 11.6 Å². The lowest BCUT2D eigenvalue weighted by molar-refractivity contribution is -0.0329. The number of benzene rings is 1. The van der Waals surface area contributed by atoms with E-state index < -0.39 is 11.4 Å². The molecule has 0 fully saturated rings. The zero-order valence-electron chi connectivity index (χ0n) is 13.1. The molecule has 4 nitrogen and oxygen atoms in total. The van der Waals surface area contributed by atoms with Crippen LogP contribution in [0.15, 0.2) is 41.6 Å². The third-order valence-electron chi connectivity index (χ3n) is 4.01.